The van der Waals surface area contributed by atoms with E-state index < -0.39 is 10.0 Å². The summed E-state index contributed by atoms with van der Waals surface area (Å²) in [6.07, 6.45) is 0.537. The van der Waals surface area contributed by atoms with Gasteiger partial charge in [-0.2, -0.15) is 0 Å². The Morgan fingerprint density at radius 3 is 2.75 bits per heavy atom. The van der Waals surface area contributed by atoms with Gasteiger partial charge in [0.2, 0.25) is 10.0 Å². The van der Waals surface area contributed by atoms with Gasteiger partial charge in [-0.3, -0.25) is 0 Å². The van der Waals surface area contributed by atoms with E-state index in [1.807, 2.05) is 6.92 Å². The summed E-state index contributed by atoms with van der Waals surface area (Å²) in [5.74, 6) is 0. The molecule has 1 aliphatic heterocycles. The second-order valence-corrected chi connectivity index (χ2v) is 7.49. The molecular formula is C13H18BrNO4S. The van der Waals surface area contributed by atoms with Crippen molar-refractivity contribution in [2.24, 2.45) is 0 Å². The minimum atomic E-state index is -3.63. The van der Waals surface area contributed by atoms with E-state index in [0.717, 1.165) is 0 Å². The predicted molar refractivity (Wildman–Crippen MR) is 78.9 cm³/mol. The van der Waals surface area contributed by atoms with Gasteiger partial charge < -0.3 is 9.84 Å². The van der Waals surface area contributed by atoms with Crippen molar-refractivity contribution in [1.29, 1.82) is 0 Å². The summed E-state index contributed by atoms with van der Waals surface area (Å²) >= 11 is 3.33. The molecule has 0 bridgehead atoms. The summed E-state index contributed by atoms with van der Waals surface area (Å²) < 4.78 is 33.7. The lowest BCUT2D eigenvalue weighted by Crippen LogP contribution is -2.39. The van der Waals surface area contributed by atoms with E-state index >= 15 is 0 Å². The van der Waals surface area contributed by atoms with E-state index in [9.17, 15) is 13.5 Å². The molecule has 0 aromatic heterocycles. The van der Waals surface area contributed by atoms with Gasteiger partial charge in [-0.1, -0.05) is 15.9 Å². The molecule has 0 spiro atoms. The number of benzene rings is 1. The molecular weight excluding hydrogens is 346 g/mol. The lowest BCUT2D eigenvalue weighted by Gasteiger charge is -2.18. The molecule has 1 fully saturated rings. The number of hydrogen-bond acceptors (Lipinski definition) is 4. The molecule has 1 aromatic rings. The molecule has 0 aliphatic carbocycles. The highest BCUT2D eigenvalue weighted by molar-refractivity contribution is 9.10. The number of rotatable bonds is 4. The van der Waals surface area contributed by atoms with Gasteiger partial charge in [0.1, 0.15) is 0 Å². The number of ether oxygens (including phenoxy) is 1. The molecule has 2 rings (SSSR count). The van der Waals surface area contributed by atoms with Gasteiger partial charge in [0.25, 0.3) is 0 Å². The van der Waals surface area contributed by atoms with Crippen LogP contribution in [0.5, 0.6) is 0 Å². The fourth-order valence-electron chi connectivity index (χ4n) is 2.23. The van der Waals surface area contributed by atoms with E-state index in [-0.39, 0.29) is 23.6 Å². The number of aliphatic hydroxyl groups excluding tert-OH is 1. The molecule has 112 valence electrons. The van der Waals surface area contributed by atoms with E-state index in [2.05, 4.69) is 20.7 Å². The van der Waals surface area contributed by atoms with Crippen LogP contribution < -0.4 is 4.72 Å². The van der Waals surface area contributed by atoms with E-state index in [4.69, 9.17) is 4.74 Å². The summed E-state index contributed by atoms with van der Waals surface area (Å²) in [6, 6.07) is 3.01. The Bertz CT molecular complexity index is 603. The van der Waals surface area contributed by atoms with Gasteiger partial charge in [0.05, 0.1) is 23.6 Å². The van der Waals surface area contributed by atoms with Crippen LogP contribution in [0.3, 0.4) is 0 Å². The SMILES string of the molecule is Cc1c(Br)cc(CO)cc1S(=O)(=O)NC1CCOC1C. The summed E-state index contributed by atoms with van der Waals surface area (Å²) in [5.41, 5.74) is 1.18. The van der Waals surface area contributed by atoms with Crippen molar-refractivity contribution in [3.63, 3.8) is 0 Å². The molecule has 7 heteroatoms. The Hall–Kier alpha value is -0.470. The maximum absolute atomic E-state index is 12.5. The summed E-state index contributed by atoms with van der Waals surface area (Å²) in [7, 11) is -3.63. The maximum Gasteiger partial charge on any atom is 0.241 e. The quantitative estimate of drug-likeness (QED) is 0.853. The van der Waals surface area contributed by atoms with Crippen LogP contribution in [0.4, 0.5) is 0 Å². The third-order valence-electron chi connectivity index (χ3n) is 3.51. The number of nitrogens with one attached hydrogen (secondary N) is 1. The first-order valence-electron chi connectivity index (χ1n) is 6.39. The lowest BCUT2D eigenvalue weighted by atomic mass is 10.2. The summed E-state index contributed by atoms with van der Waals surface area (Å²) in [5, 5.41) is 9.21. The molecule has 2 N–H and O–H groups in total. The molecule has 5 nitrogen and oxygen atoms in total. The Kier molecular flexibility index (Phi) is 4.86. The first-order chi connectivity index (χ1) is 9.35. The smallest absolute Gasteiger partial charge is 0.241 e. The highest BCUT2D eigenvalue weighted by Gasteiger charge is 2.30. The molecule has 2 unspecified atom stereocenters. The Morgan fingerprint density at radius 2 is 2.20 bits per heavy atom. The third-order valence-corrected chi connectivity index (χ3v) is 5.95. The molecule has 2 atom stereocenters. The third kappa shape index (κ3) is 3.23. The van der Waals surface area contributed by atoms with Gasteiger partial charge in [0, 0.05) is 11.1 Å². The van der Waals surface area contributed by atoms with Crippen LogP contribution in [0.15, 0.2) is 21.5 Å². The first kappa shape index (κ1) is 15.9. The fourth-order valence-corrected chi connectivity index (χ4v) is 4.52. The normalized spacial score (nSPS) is 23.2. The van der Waals surface area contributed by atoms with Crippen molar-refractivity contribution < 1.29 is 18.3 Å². The molecule has 0 radical (unpaired) electrons. The van der Waals surface area contributed by atoms with E-state index in [1.54, 1.807) is 13.0 Å². The molecule has 0 amide bonds. The van der Waals surface area contributed by atoms with Crippen molar-refractivity contribution in [3.05, 3.63) is 27.7 Å². The monoisotopic (exact) mass is 363 g/mol. The molecule has 20 heavy (non-hydrogen) atoms. The van der Waals surface area contributed by atoms with Crippen molar-refractivity contribution in [3.8, 4) is 0 Å². The van der Waals surface area contributed by atoms with Gasteiger partial charge in [-0.15, -0.1) is 0 Å². The number of halogens is 1. The predicted octanol–water partition coefficient (Wildman–Crippen LogP) is 1.71. The number of hydrogen-bond donors (Lipinski definition) is 2. The molecule has 0 saturated carbocycles. The molecule has 1 heterocycles. The average molecular weight is 364 g/mol. The summed E-state index contributed by atoms with van der Waals surface area (Å²) in [6.45, 7) is 3.94. The van der Waals surface area contributed by atoms with Crippen LogP contribution in [0.2, 0.25) is 0 Å². The van der Waals surface area contributed by atoms with Gasteiger partial charge in [-0.25, -0.2) is 13.1 Å². The number of aliphatic hydroxyl groups is 1. The van der Waals surface area contributed by atoms with E-state index in [0.29, 0.717) is 28.6 Å². The second-order valence-electron chi connectivity index (χ2n) is 4.95. The largest absolute Gasteiger partial charge is 0.392 e. The van der Waals surface area contributed by atoms with E-state index in [1.165, 1.54) is 6.07 Å². The zero-order valence-electron chi connectivity index (χ0n) is 11.4. The Morgan fingerprint density at radius 1 is 1.50 bits per heavy atom. The summed E-state index contributed by atoms with van der Waals surface area (Å²) in [4.78, 5) is 0.190. The zero-order valence-corrected chi connectivity index (χ0v) is 13.8. The topological polar surface area (TPSA) is 75.6 Å². The van der Waals surface area contributed by atoms with Crippen LogP contribution >= 0.6 is 15.9 Å². The van der Waals surface area contributed by atoms with Crippen LogP contribution in [0.25, 0.3) is 0 Å². The van der Waals surface area contributed by atoms with Crippen LogP contribution in [0.1, 0.15) is 24.5 Å². The number of sulfonamides is 1. The van der Waals surface area contributed by atoms with Crippen molar-refractivity contribution in [2.75, 3.05) is 6.61 Å². The second kappa shape index (κ2) is 6.11. The minimum Gasteiger partial charge on any atom is -0.392 e. The molecule has 1 aromatic carbocycles. The van der Waals surface area contributed by atoms with Gasteiger partial charge in [-0.05, 0) is 43.5 Å². The minimum absolute atomic E-state index is 0.130. The first-order valence-corrected chi connectivity index (χ1v) is 8.66. The highest BCUT2D eigenvalue weighted by atomic mass is 79.9. The van der Waals surface area contributed by atoms with Crippen LogP contribution in [-0.2, 0) is 21.4 Å². The molecule has 1 saturated heterocycles. The zero-order chi connectivity index (χ0) is 14.9. The average Bonchev–Trinajstić information content (AvgIpc) is 2.77. The highest BCUT2D eigenvalue weighted by Crippen LogP contribution is 2.27. The lowest BCUT2D eigenvalue weighted by molar-refractivity contribution is 0.117. The van der Waals surface area contributed by atoms with Gasteiger partial charge in [0.15, 0.2) is 0 Å². The van der Waals surface area contributed by atoms with Crippen molar-refractivity contribution >= 4 is 26.0 Å². The standard InChI is InChI=1S/C13H18BrNO4S/c1-8-11(14)5-10(7-16)6-13(8)20(17,18)15-12-3-4-19-9(12)2/h5-6,9,12,15-16H,3-4,7H2,1-2H3. The molecule has 1 aliphatic rings. The van der Waals surface area contributed by atoms with Crippen molar-refractivity contribution in [2.45, 2.75) is 43.9 Å². The Labute approximate surface area is 127 Å². The van der Waals surface area contributed by atoms with Crippen molar-refractivity contribution in [1.82, 2.24) is 4.72 Å². The fraction of sp³-hybridized carbons (Fsp3) is 0.538. The maximum atomic E-state index is 12.5. The van der Waals surface area contributed by atoms with Crippen LogP contribution in [0, 0.1) is 6.92 Å². The Balaban J connectivity index is 2.36. The van der Waals surface area contributed by atoms with Crippen LogP contribution in [-0.4, -0.2) is 32.3 Å². The van der Waals surface area contributed by atoms with Gasteiger partial charge >= 0.3 is 0 Å².